The molecule has 178 valence electrons. The number of benzene rings is 3. The fourth-order valence-corrected chi connectivity index (χ4v) is 4.94. The second-order valence-corrected chi connectivity index (χ2v) is 9.23. The number of hydrogen-bond acceptors (Lipinski definition) is 6. The number of aromatic nitrogens is 2. The summed E-state index contributed by atoms with van der Waals surface area (Å²) in [7, 11) is 0. The van der Waals surface area contributed by atoms with Crippen molar-refractivity contribution in [3.63, 3.8) is 0 Å². The van der Waals surface area contributed by atoms with Crippen LogP contribution in [0.5, 0.6) is 0 Å². The van der Waals surface area contributed by atoms with Crippen LogP contribution in [0, 0.1) is 6.92 Å². The molecule has 0 unspecified atom stereocenters. The number of hydrogen-bond donors (Lipinski definition) is 2. The zero-order valence-electron chi connectivity index (χ0n) is 19.7. The van der Waals surface area contributed by atoms with E-state index in [4.69, 9.17) is 17.3 Å². The minimum Gasteiger partial charge on any atom is -0.393 e. The van der Waals surface area contributed by atoms with Crippen molar-refractivity contribution in [3.05, 3.63) is 107 Å². The summed E-state index contributed by atoms with van der Waals surface area (Å²) in [5.74, 6) is 1.37. The molecule has 0 saturated carbocycles. The lowest BCUT2D eigenvalue weighted by Gasteiger charge is -2.40. The molecule has 1 fully saturated rings. The average molecular weight is 485 g/mol. The van der Waals surface area contributed by atoms with Crippen molar-refractivity contribution >= 4 is 34.6 Å². The molecule has 6 nitrogen and oxygen atoms in total. The Morgan fingerprint density at radius 2 is 1.49 bits per heavy atom. The number of nitrogens with one attached hydrogen (secondary N) is 1. The van der Waals surface area contributed by atoms with Crippen LogP contribution in [0.15, 0.2) is 85.2 Å². The first-order valence-electron chi connectivity index (χ1n) is 11.8. The molecule has 35 heavy (non-hydrogen) atoms. The number of nitrogens with two attached hydrogens (primary N) is 1. The third-order valence-electron chi connectivity index (χ3n) is 6.51. The Bertz CT molecular complexity index is 1230. The summed E-state index contributed by atoms with van der Waals surface area (Å²) in [4.78, 5) is 13.7. The minimum atomic E-state index is 0.215. The SMILES string of the molecule is Cc1cc(Cl)ccc1Nc1ncnc(N2CCN(C(c3ccccc3)c3ccccc3)CC2)c1N. The van der Waals surface area contributed by atoms with E-state index in [1.54, 1.807) is 6.33 Å². The van der Waals surface area contributed by atoms with Crippen molar-refractivity contribution in [2.75, 3.05) is 42.1 Å². The van der Waals surface area contributed by atoms with Crippen molar-refractivity contribution < 1.29 is 0 Å². The van der Waals surface area contributed by atoms with E-state index < -0.39 is 0 Å². The minimum absolute atomic E-state index is 0.215. The molecular formula is C28H29ClN6. The van der Waals surface area contributed by atoms with Gasteiger partial charge in [0.25, 0.3) is 0 Å². The summed E-state index contributed by atoms with van der Waals surface area (Å²) in [5.41, 5.74) is 11.7. The lowest BCUT2D eigenvalue weighted by atomic mass is 9.96. The molecule has 1 aliphatic heterocycles. The van der Waals surface area contributed by atoms with E-state index in [2.05, 4.69) is 85.7 Å². The van der Waals surface area contributed by atoms with E-state index in [-0.39, 0.29) is 6.04 Å². The standard InChI is InChI=1S/C28H29ClN6/c1-20-18-23(29)12-13-24(20)33-27-25(30)28(32-19-31-27)35-16-14-34(15-17-35)26(21-8-4-2-5-9-21)22-10-6-3-7-11-22/h2-13,18-19,26H,14-17,30H2,1H3,(H,31,32,33). The van der Waals surface area contributed by atoms with Crippen LogP contribution in [0.1, 0.15) is 22.7 Å². The number of nitrogen functional groups attached to an aromatic ring is 1. The van der Waals surface area contributed by atoms with Crippen molar-refractivity contribution in [1.82, 2.24) is 14.9 Å². The highest BCUT2D eigenvalue weighted by Gasteiger charge is 2.28. The second kappa shape index (κ2) is 10.3. The number of halogens is 1. The highest BCUT2D eigenvalue weighted by Crippen LogP contribution is 2.33. The maximum absolute atomic E-state index is 6.55. The summed E-state index contributed by atoms with van der Waals surface area (Å²) >= 11 is 6.10. The fraction of sp³-hybridized carbons (Fsp3) is 0.214. The van der Waals surface area contributed by atoms with Gasteiger partial charge < -0.3 is 16.0 Å². The van der Waals surface area contributed by atoms with Crippen molar-refractivity contribution in [3.8, 4) is 0 Å². The van der Waals surface area contributed by atoms with Crippen LogP contribution >= 0.6 is 11.6 Å². The average Bonchev–Trinajstić information content (AvgIpc) is 2.89. The summed E-state index contributed by atoms with van der Waals surface area (Å²) in [6.45, 7) is 5.46. The van der Waals surface area contributed by atoms with Gasteiger partial charge in [-0.3, -0.25) is 4.90 Å². The Labute approximate surface area is 211 Å². The summed E-state index contributed by atoms with van der Waals surface area (Å²) in [6, 6.07) is 27.3. The van der Waals surface area contributed by atoms with E-state index in [9.17, 15) is 0 Å². The topological polar surface area (TPSA) is 70.3 Å². The molecule has 4 aromatic rings. The molecule has 1 aromatic heterocycles. The van der Waals surface area contributed by atoms with Gasteiger partial charge in [-0.05, 0) is 41.8 Å². The van der Waals surface area contributed by atoms with Crippen molar-refractivity contribution in [1.29, 1.82) is 0 Å². The lowest BCUT2D eigenvalue weighted by molar-refractivity contribution is 0.212. The Hall–Kier alpha value is -3.61. The molecule has 0 aliphatic carbocycles. The zero-order valence-corrected chi connectivity index (χ0v) is 20.5. The molecule has 5 rings (SSSR count). The molecule has 2 heterocycles. The molecule has 7 heteroatoms. The maximum atomic E-state index is 6.55. The van der Waals surface area contributed by atoms with Crippen LogP contribution in [-0.2, 0) is 0 Å². The van der Waals surface area contributed by atoms with Crippen molar-refractivity contribution in [2.45, 2.75) is 13.0 Å². The van der Waals surface area contributed by atoms with Crippen molar-refractivity contribution in [2.24, 2.45) is 0 Å². The molecule has 0 spiro atoms. The van der Waals surface area contributed by atoms with E-state index >= 15 is 0 Å². The van der Waals surface area contributed by atoms with Gasteiger partial charge in [-0.25, -0.2) is 9.97 Å². The lowest BCUT2D eigenvalue weighted by Crippen LogP contribution is -2.48. The van der Waals surface area contributed by atoms with Gasteiger partial charge in [-0.15, -0.1) is 0 Å². The smallest absolute Gasteiger partial charge is 0.159 e. The molecule has 0 bridgehead atoms. The third kappa shape index (κ3) is 5.09. The highest BCUT2D eigenvalue weighted by atomic mass is 35.5. The summed E-state index contributed by atoms with van der Waals surface area (Å²) in [5, 5.41) is 4.05. The van der Waals surface area contributed by atoms with Crippen LogP contribution in [0.2, 0.25) is 5.02 Å². The largest absolute Gasteiger partial charge is 0.393 e. The van der Waals surface area contributed by atoms with Crippen LogP contribution in [-0.4, -0.2) is 41.0 Å². The number of aryl methyl sites for hydroxylation is 1. The summed E-state index contributed by atoms with van der Waals surface area (Å²) < 4.78 is 0. The molecule has 0 atom stereocenters. The number of nitrogens with zero attached hydrogens (tertiary/aromatic N) is 4. The van der Waals surface area contributed by atoms with Gasteiger partial charge in [0, 0.05) is 36.9 Å². The molecule has 3 aromatic carbocycles. The molecular weight excluding hydrogens is 456 g/mol. The first-order chi connectivity index (χ1) is 17.1. The van der Waals surface area contributed by atoms with Gasteiger partial charge in [0.1, 0.15) is 12.0 Å². The Morgan fingerprint density at radius 1 is 0.857 bits per heavy atom. The van der Waals surface area contributed by atoms with E-state index in [1.165, 1.54) is 11.1 Å². The molecule has 1 saturated heterocycles. The first kappa shape index (κ1) is 23.1. The van der Waals surface area contributed by atoms with E-state index in [0.29, 0.717) is 16.5 Å². The zero-order chi connectivity index (χ0) is 24.2. The third-order valence-corrected chi connectivity index (χ3v) is 6.75. The predicted molar refractivity (Wildman–Crippen MR) is 144 cm³/mol. The quantitative estimate of drug-likeness (QED) is 0.367. The first-order valence-corrected chi connectivity index (χ1v) is 12.2. The predicted octanol–water partition coefficient (Wildman–Crippen LogP) is 5.68. The fourth-order valence-electron chi connectivity index (χ4n) is 4.71. The van der Waals surface area contributed by atoms with Crippen LogP contribution in [0.25, 0.3) is 0 Å². The Kier molecular flexibility index (Phi) is 6.84. The van der Waals surface area contributed by atoms with Crippen LogP contribution in [0.4, 0.5) is 23.0 Å². The number of rotatable bonds is 6. The van der Waals surface area contributed by atoms with Gasteiger partial charge >= 0.3 is 0 Å². The summed E-state index contributed by atoms with van der Waals surface area (Å²) in [6.07, 6.45) is 1.57. The molecule has 1 aliphatic rings. The normalized spacial score (nSPS) is 14.3. The second-order valence-electron chi connectivity index (χ2n) is 8.79. The van der Waals surface area contributed by atoms with E-state index in [0.717, 1.165) is 43.2 Å². The van der Waals surface area contributed by atoms with Gasteiger partial charge in [-0.1, -0.05) is 72.3 Å². The van der Waals surface area contributed by atoms with Crippen LogP contribution < -0.4 is 16.0 Å². The molecule has 3 N–H and O–H groups in total. The maximum Gasteiger partial charge on any atom is 0.159 e. The molecule has 0 radical (unpaired) electrons. The van der Waals surface area contributed by atoms with Gasteiger partial charge in [0.2, 0.25) is 0 Å². The monoisotopic (exact) mass is 484 g/mol. The van der Waals surface area contributed by atoms with E-state index in [1.807, 2.05) is 25.1 Å². The number of anilines is 4. The number of piperazine rings is 1. The Morgan fingerprint density at radius 3 is 2.09 bits per heavy atom. The van der Waals surface area contributed by atoms with Crippen LogP contribution in [0.3, 0.4) is 0 Å². The highest BCUT2D eigenvalue weighted by molar-refractivity contribution is 6.30. The van der Waals surface area contributed by atoms with Gasteiger partial charge in [0.15, 0.2) is 11.6 Å². The van der Waals surface area contributed by atoms with Gasteiger partial charge in [-0.2, -0.15) is 0 Å². The Balaban J connectivity index is 1.34. The van der Waals surface area contributed by atoms with Gasteiger partial charge in [0.05, 0.1) is 6.04 Å². The molecule has 0 amide bonds.